The van der Waals surface area contributed by atoms with Gasteiger partial charge in [-0.1, -0.05) is 61.2 Å². The summed E-state index contributed by atoms with van der Waals surface area (Å²) in [6.07, 6.45) is 0.850. The third kappa shape index (κ3) is 10.7. The Balaban J connectivity index is 2.45. The highest BCUT2D eigenvalue weighted by atomic mass is 16.6. The second-order valence-electron chi connectivity index (χ2n) is 11.9. The molecule has 0 heterocycles. The van der Waals surface area contributed by atoms with Crippen molar-refractivity contribution >= 4 is 30.0 Å². The lowest BCUT2D eigenvalue weighted by atomic mass is 9.99. The number of amides is 3. The number of hydrogen-bond acceptors (Lipinski definition) is 7. The number of alkyl carbamates (subject to hydrolysis) is 1. The molecule has 0 spiro atoms. The average molecular weight is 582 g/mol. The molecule has 0 aromatic heterocycles. The van der Waals surface area contributed by atoms with Crippen LogP contribution in [0.3, 0.4) is 0 Å². The Morgan fingerprint density at radius 3 is 2.07 bits per heavy atom. The zero-order valence-corrected chi connectivity index (χ0v) is 25.5. The van der Waals surface area contributed by atoms with E-state index in [9.17, 15) is 24.3 Å². The molecule has 0 radical (unpaired) electrons. The molecule has 2 aromatic rings. The molecule has 2 rings (SSSR count). The topological polar surface area (TPSA) is 134 Å². The zero-order chi connectivity index (χ0) is 31.7. The van der Waals surface area contributed by atoms with Crippen molar-refractivity contribution < 1.29 is 33.8 Å². The summed E-state index contributed by atoms with van der Waals surface area (Å²) in [6.45, 7) is 13.2. The highest BCUT2D eigenvalue weighted by Gasteiger charge is 2.36. The molecule has 10 heteroatoms. The standard InChI is InChI=1S/C32H43N3O7/c1-9-21-16-13-17-23(18-21)26(35(8)28(38)25(20-36)34-30(40)42-32(5,6)7)27(37)33-24(29(39)41-31(2,3)4)19-22-14-11-10-12-15-22/h9-18,24-26,36H,1,19-20H2,2-8H3,(H,33,37)(H,34,40). The lowest BCUT2D eigenvalue weighted by Crippen LogP contribution is -2.54. The van der Waals surface area contributed by atoms with Gasteiger partial charge in [-0.3, -0.25) is 9.59 Å². The number of carbonyl (C=O) groups is 4. The molecule has 228 valence electrons. The van der Waals surface area contributed by atoms with E-state index in [1.165, 1.54) is 7.05 Å². The van der Waals surface area contributed by atoms with Crippen LogP contribution in [0.5, 0.6) is 0 Å². The molecular weight excluding hydrogens is 538 g/mol. The van der Waals surface area contributed by atoms with E-state index in [0.717, 1.165) is 10.5 Å². The van der Waals surface area contributed by atoms with E-state index in [1.54, 1.807) is 71.9 Å². The SMILES string of the molecule is C=Cc1cccc(C(C(=O)NC(Cc2ccccc2)C(=O)OC(C)(C)C)N(C)C(=O)C(CO)NC(=O)OC(C)(C)C)c1. The quantitative estimate of drug-likeness (QED) is 0.344. The third-order valence-electron chi connectivity index (χ3n) is 5.91. The zero-order valence-electron chi connectivity index (χ0n) is 25.5. The normalized spacial score (nSPS) is 13.6. The molecule has 3 unspecified atom stereocenters. The number of benzene rings is 2. The fourth-order valence-electron chi connectivity index (χ4n) is 4.08. The van der Waals surface area contributed by atoms with Crippen LogP contribution in [0.1, 0.15) is 64.3 Å². The first kappa shape index (κ1) is 34.0. The van der Waals surface area contributed by atoms with Crippen molar-refractivity contribution in [2.75, 3.05) is 13.7 Å². The van der Waals surface area contributed by atoms with Crippen molar-refractivity contribution in [2.24, 2.45) is 0 Å². The van der Waals surface area contributed by atoms with Gasteiger partial charge in [-0.2, -0.15) is 0 Å². The summed E-state index contributed by atoms with van der Waals surface area (Å²) in [6, 6.07) is 12.3. The predicted octanol–water partition coefficient (Wildman–Crippen LogP) is 3.78. The Kier molecular flexibility index (Phi) is 11.9. The second-order valence-corrected chi connectivity index (χ2v) is 11.9. The number of hydrogen-bond donors (Lipinski definition) is 3. The van der Waals surface area contributed by atoms with Gasteiger partial charge in [0.1, 0.15) is 29.3 Å². The third-order valence-corrected chi connectivity index (χ3v) is 5.91. The summed E-state index contributed by atoms with van der Waals surface area (Å²) in [7, 11) is 1.38. The molecule has 0 aliphatic heterocycles. The Morgan fingerprint density at radius 1 is 0.905 bits per heavy atom. The van der Waals surface area contributed by atoms with Crippen molar-refractivity contribution in [3.8, 4) is 0 Å². The van der Waals surface area contributed by atoms with Crippen LogP contribution in [0.2, 0.25) is 0 Å². The number of ether oxygens (including phenoxy) is 2. The minimum Gasteiger partial charge on any atom is -0.458 e. The van der Waals surface area contributed by atoms with Crippen LogP contribution in [-0.4, -0.2) is 70.8 Å². The first-order chi connectivity index (χ1) is 19.5. The van der Waals surface area contributed by atoms with E-state index >= 15 is 0 Å². The maximum Gasteiger partial charge on any atom is 0.408 e. The number of nitrogens with zero attached hydrogens (tertiary/aromatic N) is 1. The van der Waals surface area contributed by atoms with E-state index in [-0.39, 0.29) is 6.42 Å². The van der Waals surface area contributed by atoms with Gasteiger partial charge in [0.05, 0.1) is 6.61 Å². The lowest BCUT2D eigenvalue weighted by molar-refractivity contribution is -0.159. The van der Waals surface area contributed by atoms with Crippen LogP contribution in [0, 0.1) is 0 Å². The van der Waals surface area contributed by atoms with Crippen molar-refractivity contribution in [1.29, 1.82) is 0 Å². The molecule has 10 nitrogen and oxygen atoms in total. The van der Waals surface area contributed by atoms with Gasteiger partial charge in [-0.15, -0.1) is 0 Å². The minimum atomic E-state index is -1.39. The summed E-state index contributed by atoms with van der Waals surface area (Å²) >= 11 is 0. The van der Waals surface area contributed by atoms with Crippen LogP contribution in [0.25, 0.3) is 6.08 Å². The first-order valence-electron chi connectivity index (χ1n) is 13.7. The maximum absolute atomic E-state index is 14.0. The number of likely N-dealkylation sites (N-methyl/N-ethyl adjacent to an activating group) is 1. The first-order valence-corrected chi connectivity index (χ1v) is 13.7. The molecule has 3 amide bonds. The minimum absolute atomic E-state index is 0.151. The lowest BCUT2D eigenvalue weighted by Gasteiger charge is -2.32. The van der Waals surface area contributed by atoms with Gasteiger partial charge < -0.3 is 30.1 Å². The van der Waals surface area contributed by atoms with Gasteiger partial charge in [0.2, 0.25) is 11.8 Å². The molecular formula is C32H43N3O7. The Bertz CT molecular complexity index is 1250. The monoisotopic (exact) mass is 581 g/mol. The smallest absolute Gasteiger partial charge is 0.408 e. The number of aliphatic hydroxyl groups excluding tert-OH is 1. The molecule has 0 saturated heterocycles. The fraction of sp³-hybridized carbons (Fsp3) is 0.438. The van der Waals surface area contributed by atoms with E-state index in [2.05, 4.69) is 17.2 Å². The van der Waals surface area contributed by atoms with Gasteiger partial charge in [-0.25, -0.2) is 9.59 Å². The highest BCUT2D eigenvalue weighted by molar-refractivity contribution is 5.94. The molecule has 3 atom stereocenters. The molecule has 2 aromatic carbocycles. The fourth-order valence-corrected chi connectivity index (χ4v) is 4.08. The van der Waals surface area contributed by atoms with E-state index in [1.807, 2.05) is 30.3 Å². The Hall–Kier alpha value is -4.18. The van der Waals surface area contributed by atoms with Crippen molar-refractivity contribution in [3.63, 3.8) is 0 Å². The number of nitrogens with one attached hydrogen (secondary N) is 2. The molecule has 42 heavy (non-hydrogen) atoms. The van der Waals surface area contributed by atoms with Crippen molar-refractivity contribution in [1.82, 2.24) is 15.5 Å². The van der Waals surface area contributed by atoms with Gasteiger partial charge >= 0.3 is 12.1 Å². The molecule has 0 aliphatic rings. The molecule has 0 bridgehead atoms. The van der Waals surface area contributed by atoms with Crippen LogP contribution >= 0.6 is 0 Å². The van der Waals surface area contributed by atoms with Crippen LogP contribution in [0.15, 0.2) is 61.2 Å². The molecule has 0 saturated carbocycles. The summed E-state index contributed by atoms with van der Waals surface area (Å²) in [5, 5.41) is 15.1. The number of esters is 1. The van der Waals surface area contributed by atoms with Crippen molar-refractivity contribution in [2.45, 2.75) is 77.3 Å². The predicted molar refractivity (Wildman–Crippen MR) is 160 cm³/mol. The highest BCUT2D eigenvalue weighted by Crippen LogP contribution is 2.24. The maximum atomic E-state index is 14.0. The van der Waals surface area contributed by atoms with E-state index < -0.39 is 59.8 Å². The van der Waals surface area contributed by atoms with Crippen LogP contribution in [-0.2, 0) is 30.3 Å². The van der Waals surface area contributed by atoms with Gasteiger partial charge in [0.25, 0.3) is 0 Å². The number of rotatable bonds is 11. The van der Waals surface area contributed by atoms with Crippen LogP contribution in [0.4, 0.5) is 4.79 Å². The summed E-state index contributed by atoms with van der Waals surface area (Å²) in [4.78, 5) is 54.2. The molecule has 0 aliphatic carbocycles. The largest absolute Gasteiger partial charge is 0.458 e. The van der Waals surface area contributed by atoms with Gasteiger partial charge in [0.15, 0.2) is 0 Å². The Morgan fingerprint density at radius 2 is 1.52 bits per heavy atom. The molecule has 3 N–H and O–H groups in total. The average Bonchev–Trinajstić information content (AvgIpc) is 2.89. The van der Waals surface area contributed by atoms with Crippen LogP contribution < -0.4 is 10.6 Å². The molecule has 0 fully saturated rings. The van der Waals surface area contributed by atoms with Gasteiger partial charge in [0, 0.05) is 13.5 Å². The van der Waals surface area contributed by atoms with Crippen molar-refractivity contribution in [3.05, 3.63) is 77.9 Å². The Labute approximate surface area is 248 Å². The second kappa shape index (κ2) is 14.6. The summed E-state index contributed by atoms with van der Waals surface area (Å²) in [5.41, 5.74) is 0.289. The summed E-state index contributed by atoms with van der Waals surface area (Å²) in [5.74, 6) is -2.04. The number of aliphatic hydroxyl groups is 1. The number of carbonyl (C=O) groups excluding carboxylic acids is 4. The van der Waals surface area contributed by atoms with E-state index in [4.69, 9.17) is 9.47 Å². The van der Waals surface area contributed by atoms with E-state index in [0.29, 0.717) is 11.1 Å². The van der Waals surface area contributed by atoms with Gasteiger partial charge in [-0.05, 0) is 64.3 Å². The summed E-state index contributed by atoms with van der Waals surface area (Å²) < 4.78 is 10.8.